The van der Waals surface area contributed by atoms with Gasteiger partial charge in [0.2, 0.25) is 0 Å². The number of para-hydroxylation sites is 1. The van der Waals surface area contributed by atoms with Crippen molar-refractivity contribution in [2.24, 2.45) is 0 Å². The lowest BCUT2D eigenvalue weighted by Gasteiger charge is -2.00. The number of benzene rings is 1. The van der Waals surface area contributed by atoms with Crippen molar-refractivity contribution in [2.45, 2.75) is 13.2 Å². The first-order valence-electron chi connectivity index (χ1n) is 4.65. The molecule has 0 aliphatic heterocycles. The second kappa shape index (κ2) is 3.82. The third-order valence-electron chi connectivity index (χ3n) is 2.38. The predicted molar refractivity (Wildman–Crippen MR) is 54.9 cm³/mol. The first-order valence-corrected chi connectivity index (χ1v) is 4.65. The quantitative estimate of drug-likeness (QED) is 0.763. The van der Waals surface area contributed by atoms with Gasteiger partial charge < -0.3 is 14.8 Å². The molecule has 0 saturated carbocycles. The molecule has 0 unspecified atom stereocenters. The number of aromatic nitrogens is 1. The van der Waals surface area contributed by atoms with Crippen LogP contribution in [0, 0.1) is 0 Å². The zero-order valence-electron chi connectivity index (χ0n) is 7.85. The van der Waals surface area contributed by atoms with E-state index in [1.165, 1.54) is 0 Å². The van der Waals surface area contributed by atoms with Gasteiger partial charge in [0.15, 0.2) is 0 Å². The second-order valence-electron chi connectivity index (χ2n) is 3.25. The minimum Gasteiger partial charge on any atom is -0.395 e. The lowest BCUT2D eigenvalue weighted by molar-refractivity contribution is 0.274. The molecule has 0 amide bonds. The molecule has 3 nitrogen and oxygen atoms in total. The summed E-state index contributed by atoms with van der Waals surface area (Å²) < 4.78 is 1.96. The van der Waals surface area contributed by atoms with Crippen LogP contribution in [0.3, 0.4) is 0 Å². The molecule has 0 radical (unpaired) electrons. The summed E-state index contributed by atoms with van der Waals surface area (Å²) in [4.78, 5) is 0. The molecule has 1 aromatic carbocycles. The van der Waals surface area contributed by atoms with Gasteiger partial charge in [0, 0.05) is 29.2 Å². The number of rotatable bonds is 3. The molecule has 2 aromatic rings. The van der Waals surface area contributed by atoms with Gasteiger partial charge in [0.25, 0.3) is 0 Å². The van der Waals surface area contributed by atoms with Crippen molar-refractivity contribution >= 4 is 10.9 Å². The van der Waals surface area contributed by atoms with Gasteiger partial charge >= 0.3 is 0 Å². The van der Waals surface area contributed by atoms with Crippen molar-refractivity contribution < 1.29 is 10.2 Å². The van der Waals surface area contributed by atoms with Crippen LogP contribution in [0.25, 0.3) is 10.9 Å². The molecule has 0 bridgehead atoms. The zero-order valence-corrected chi connectivity index (χ0v) is 7.85. The molecule has 1 heterocycles. The molecule has 1 aromatic heterocycles. The third kappa shape index (κ3) is 1.41. The Kier molecular flexibility index (Phi) is 2.52. The molecule has 3 heteroatoms. The van der Waals surface area contributed by atoms with Crippen molar-refractivity contribution in [1.82, 2.24) is 4.57 Å². The first-order chi connectivity index (χ1) is 6.86. The first kappa shape index (κ1) is 9.24. The van der Waals surface area contributed by atoms with Gasteiger partial charge in [-0.2, -0.15) is 0 Å². The van der Waals surface area contributed by atoms with Crippen LogP contribution in [-0.4, -0.2) is 21.4 Å². The van der Waals surface area contributed by atoms with Crippen LogP contribution < -0.4 is 0 Å². The normalized spacial score (nSPS) is 11.0. The smallest absolute Gasteiger partial charge is 0.0702 e. The highest BCUT2D eigenvalue weighted by atomic mass is 16.3. The predicted octanol–water partition coefficient (Wildman–Crippen LogP) is 1.13. The number of aliphatic hydroxyl groups is 2. The number of fused-ring (bicyclic) bond motifs is 1. The molecule has 0 aliphatic carbocycles. The third-order valence-corrected chi connectivity index (χ3v) is 2.38. The summed E-state index contributed by atoms with van der Waals surface area (Å²) in [5, 5.41) is 19.1. The van der Waals surface area contributed by atoms with Crippen molar-refractivity contribution in [3.63, 3.8) is 0 Å². The fraction of sp³-hybridized carbons (Fsp3) is 0.273. The topological polar surface area (TPSA) is 45.4 Å². The maximum Gasteiger partial charge on any atom is 0.0702 e. The Bertz CT molecular complexity index is 434. The Balaban J connectivity index is 2.61. The van der Waals surface area contributed by atoms with Crippen LogP contribution in [-0.2, 0) is 13.2 Å². The Morgan fingerprint density at radius 2 is 1.93 bits per heavy atom. The monoisotopic (exact) mass is 191 g/mol. The minimum absolute atomic E-state index is 0.0406. The van der Waals surface area contributed by atoms with Gasteiger partial charge in [0.05, 0.1) is 13.2 Å². The zero-order chi connectivity index (χ0) is 9.97. The van der Waals surface area contributed by atoms with Crippen molar-refractivity contribution in [3.8, 4) is 0 Å². The van der Waals surface area contributed by atoms with E-state index in [0.717, 1.165) is 16.5 Å². The molecule has 74 valence electrons. The van der Waals surface area contributed by atoms with E-state index >= 15 is 0 Å². The number of aliphatic hydroxyl groups excluding tert-OH is 2. The van der Waals surface area contributed by atoms with E-state index in [4.69, 9.17) is 10.2 Å². The van der Waals surface area contributed by atoms with E-state index in [1.807, 2.05) is 35.0 Å². The molecule has 0 spiro atoms. The highest BCUT2D eigenvalue weighted by Gasteiger charge is 2.05. The Labute approximate surface area is 82.2 Å². The van der Waals surface area contributed by atoms with Gasteiger partial charge in [-0.15, -0.1) is 0 Å². The molecule has 2 rings (SSSR count). The summed E-state index contributed by atoms with van der Waals surface area (Å²) in [7, 11) is 0. The fourth-order valence-electron chi connectivity index (χ4n) is 1.74. The molecular formula is C11H13NO2. The number of hydrogen-bond acceptors (Lipinski definition) is 2. The van der Waals surface area contributed by atoms with Crippen LogP contribution >= 0.6 is 0 Å². The Morgan fingerprint density at radius 3 is 2.64 bits per heavy atom. The molecular weight excluding hydrogens is 178 g/mol. The van der Waals surface area contributed by atoms with Gasteiger partial charge in [-0.3, -0.25) is 0 Å². The molecule has 0 atom stereocenters. The van der Waals surface area contributed by atoms with Gasteiger partial charge in [-0.25, -0.2) is 0 Å². The van der Waals surface area contributed by atoms with Crippen LogP contribution in [0.5, 0.6) is 0 Å². The van der Waals surface area contributed by atoms with E-state index < -0.39 is 0 Å². The van der Waals surface area contributed by atoms with E-state index in [-0.39, 0.29) is 13.2 Å². The average molecular weight is 191 g/mol. The minimum atomic E-state index is 0.0406. The summed E-state index contributed by atoms with van der Waals surface area (Å²) in [6.45, 7) is 0.725. The summed E-state index contributed by atoms with van der Waals surface area (Å²) in [6.07, 6.45) is 1.89. The van der Waals surface area contributed by atoms with E-state index in [9.17, 15) is 0 Å². The number of nitrogens with zero attached hydrogens (tertiary/aromatic N) is 1. The Morgan fingerprint density at radius 1 is 1.14 bits per heavy atom. The summed E-state index contributed by atoms with van der Waals surface area (Å²) in [6, 6.07) is 7.88. The summed E-state index contributed by atoms with van der Waals surface area (Å²) >= 11 is 0. The van der Waals surface area contributed by atoms with E-state index in [1.54, 1.807) is 0 Å². The average Bonchev–Trinajstić information content (AvgIpc) is 2.58. The molecule has 0 saturated heterocycles. The van der Waals surface area contributed by atoms with Gasteiger partial charge in [0.1, 0.15) is 0 Å². The van der Waals surface area contributed by atoms with Crippen molar-refractivity contribution in [3.05, 3.63) is 36.0 Å². The lowest BCUT2D eigenvalue weighted by atomic mass is 10.2. The largest absolute Gasteiger partial charge is 0.395 e. The van der Waals surface area contributed by atoms with Crippen molar-refractivity contribution in [1.29, 1.82) is 0 Å². The molecule has 2 N–H and O–H groups in total. The Hall–Kier alpha value is -1.32. The van der Waals surface area contributed by atoms with Gasteiger partial charge in [-0.1, -0.05) is 18.2 Å². The van der Waals surface area contributed by atoms with Crippen LogP contribution in [0.4, 0.5) is 0 Å². The molecule has 14 heavy (non-hydrogen) atoms. The van der Waals surface area contributed by atoms with Crippen LogP contribution in [0.2, 0.25) is 0 Å². The SMILES string of the molecule is OCCn1cc(CO)c2ccccc21. The van der Waals surface area contributed by atoms with Crippen LogP contribution in [0.1, 0.15) is 5.56 Å². The fourth-order valence-corrected chi connectivity index (χ4v) is 1.74. The molecule has 0 fully saturated rings. The maximum absolute atomic E-state index is 9.14. The number of hydrogen-bond donors (Lipinski definition) is 2. The highest BCUT2D eigenvalue weighted by molar-refractivity contribution is 5.83. The van der Waals surface area contributed by atoms with E-state index in [2.05, 4.69) is 0 Å². The van der Waals surface area contributed by atoms with Gasteiger partial charge in [-0.05, 0) is 6.07 Å². The molecule has 0 aliphatic rings. The highest BCUT2D eigenvalue weighted by Crippen LogP contribution is 2.20. The summed E-state index contributed by atoms with van der Waals surface area (Å²) in [5.41, 5.74) is 1.97. The maximum atomic E-state index is 9.14. The second-order valence-corrected chi connectivity index (χ2v) is 3.25. The van der Waals surface area contributed by atoms with E-state index in [0.29, 0.717) is 6.54 Å². The van der Waals surface area contributed by atoms with Crippen LogP contribution in [0.15, 0.2) is 30.5 Å². The van der Waals surface area contributed by atoms with Crippen molar-refractivity contribution in [2.75, 3.05) is 6.61 Å². The summed E-state index contributed by atoms with van der Waals surface area (Å²) in [5.74, 6) is 0. The lowest BCUT2D eigenvalue weighted by Crippen LogP contribution is -1.99. The standard InChI is InChI=1S/C11H13NO2/c13-6-5-12-7-9(8-14)10-3-1-2-4-11(10)12/h1-4,7,13-14H,5-6,8H2.